The number of piperidine rings is 1. The number of amides is 1. The van der Waals surface area contributed by atoms with Crippen molar-refractivity contribution in [1.29, 1.82) is 0 Å². The number of nitrogens with one attached hydrogen (secondary N) is 2. The fourth-order valence-corrected chi connectivity index (χ4v) is 4.14. The van der Waals surface area contributed by atoms with E-state index in [9.17, 15) is 9.59 Å². The van der Waals surface area contributed by atoms with E-state index in [0.717, 1.165) is 24.0 Å². The molecule has 2 heterocycles. The van der Waals surface area contributed by atoms with Gasteiger partial charge in [-0.15, -0.1) is 0 Å². The Labute approximate surface area is 159 Å². The molecule has 4 rings (SSSR count). The number of rotatable bonds is 4. The van der Waals surface area contributed by atoms with Gasteiger partial charge in [-0.1, -0.05) is 60.7 Å². The number of hydrogen-bond acceptors (Lipinski definition) is 4. The van der Waals surface area contributed by atoms with Crippen molar-refractivity contribution in [3.63, 3.8) is 0 Å². The number of nitrogens with zero attached hydrogens (tertiary/aromatic N) is 1. The maximum Gasteiger partial charge on any atom is 0.229 e. The molecule has 2 aromatic carbocycles. The van der Waals surface area contributed by atoms with E-state index in [1.54, 1.807) is 0 Å². The minimum absolute atomic E-state index is 0.0117. The molecule has 27 heavy (non-hydrogen) atoms. The summed E-state index contributed by atoms with van der Waals surface area (Å²) in [5.41, 5.74) is 8.27. The lowest BCUT2D eigenvalue weighted by atomic mass is 9.87. The molecule has 0 aliphatic carbocycles. The summed E-state index contributed by atoms with van der Waals surface area (Å²) in [6, 6.07) is 19.5. The van der Waals surface area contributed by atoms with Crippen LogP contribution in [0.1, 0.15) is 34.8 Å². The van der Waals surface area contributed by atoms with E-state index in [2.05, 4.69) is 23.0 Å². The first-order chi connectivity index (χ1) is 13.2. The molecule has 0 saturated carbocycles. The summed E-state index contributed by atoms with van der Waals surface area (Å²) in [5.74, 6) is 0.274. The van der Waals surface area contributed by atoms with Crippen LogP contribution in [-0.4, -0.2) is 36.2 Å². The van der Waals surface area contributed by atoms with Crippen molar-refractivity contribution in [1.82, 2.24) is 15.8 Å². The lowest BCUT2D eigenvalue weighted by Crippen LogP contribution is -2.44. The van der Waals surface area contributed by atoms with Crippen LogP contribution in [0.25, 0.3) is 0 Å². The van der Waals surface area contributed by atoms with Crippen LogP contribution >= 0.6 is 0 Å². The first kappa shape index (κ1) is 17.9. The van der Waals surface area contributed by atoms with Crippen LogP contribution in [0.5, 0.6) is 0 Å². The Bertz CT molecular complexity index is 786. The Kier molecular flexibility index (Phi) is 5.32. The summed E-state index contributed by atoms with van der Waals surface area (Å²) in [4.78, 5) is 27.7. The largest absolute Gasteiger partial charge is 0.342 e. The van der Waals surface area contributed by atoms with Crippen molar-refractivity contribution in [3.05, 3.63) is 71.8 Å². The number of benzene rings is 2. The number of carbonyl (C=O) groups is 2. The molecule has 2 aromatic rings. The monoisotopic (exact) mass is 363 g/mol. The van der Waals surface area contributed by atoms with E-state index in [0.29, 0.717) is 19.6 Å². The first-order valence-electron chi connectivity index (χ1n) is 9.65. The van der Waals surface area contributed by atoms with Crippen LogP contribution < -0.4 is 10.9 Å². The van der Waals surface area contributed by atoms with Gasteiger partial charge in [-0.2, -0.15) is 0 Å². The highest BCUT2D eigenvalue weighted by Gasteiger charge is 2.38. The van der Waals surface area contributed by atoms with Gasteiger partial charge < -0.3 is 4.90 Å². The van der Waals surface area contributed by atoms with E-state index in [1.165, 1.54) is 0 Å². The SMILES string of the molecule is O=C(c1ccccc1)C1CCN(C(=O)C2CNNC2c2ccccc2)CC1. The second-order valence-electron chi connectivity index (χ2n) is 7.35. The molecule has 2 N–H and O–H groups in total. The summed E-state index contributed by atoms with van der Waals surface area (Å²) in [5, 5.41) is 0. The standard InChI is InChI=1S/C22H25N3O2/c26-21(17-9-5-2-6-10-17)18-11-13-25(14-12-18)22(27)19-15-23-24-20(19)16-7-3-1-4-8-16/h1-10,18-20,23-24H,11-15H2. The Morgan fingerprint density at radius 2 is 1.52 bits per heavy atom. The summed E-state index contributed by atoms with van der Waals surface area (Å²) < 4.78 is 0. The van der Waals surface area contributed by atoms with Crippen LogP contribution in [0.3, 0.4) is 0 Å². The molecule has 2 aliphatic rings. The van der Waals surface area contributed by atoms with Crippen LogP contribution in [-0.2, 0) is 4.79 Å². The molecule has 0 bridgehead atoms. The number of Topliss-reactive ketones (excluding diaryl/α,β-unsaturated/α-hetero) is 1. The number of hydrogen-bond donors (Lipinski definition) is 2. The molecule has 1 amide bonds. The van der Waals surface area contributed by atoms with Crippen molar-refractivity contribution in [2.45, 2.75) is 18.9 Å². The molecule has 2 atom stereocenters. The lowest BCUT2D eigenvalue weighted by molar-refractivity contribution is -0.136. The van der Waals surface area contributed by atoms with E-state index in [-0.39, 0.29) is 29.6 Å². The van der Waals surface area contributed by atoms with Crippen LogP contribution in [0, 0.1) is 11.8 Å². The second-order valence-corrected chi connectivity index (χ2v) is 7.35. The van der Waals surface area contributed by atoms with Crippen LogP contribution in [0.4, 0.5) is 0 Å². The highest BCUT2D eigenvalue weighted by atomic mass is 16.2. The molecular formula is C22H25N3O2. The number of carbonyl (C=O) groups excluding carboxylic acids is 2. The number of likely N-dealkylation sites (tertiary alicyclic amines) is 1. The predicted octanol–water partition coefficient (Wildman–Crippen LogP) is 2.57. The molecular weight excluding hydrogens is 338 g/mol. The van der Waals surface area contributed by atoms with Gasteiger partial charge in [0.15, 0.2) is 5.78 Å². The zero-order chi connectivity index (χ0) is 18.6. The average molecular weight is 363 g/mol. The Morgan fingerprint density at radius 3 is 2.19 bits per heavy atom. The summed E-state index contributed by atoms with van der Waals surface area (Å²) in [7, 11) is 0. The minimum atomic E-state index is -0.117. The van der Waals surface area contributed by atoms with Crippen LogP contribution in [0.2, 0.25) is 0 Å². The van der Waals surface area contributed by atoms with E-state index in [1.807, 2.05) is 53.4 Å². The molecule has 5 nitrogen and oxygen atoms in total. The molecule has 2 saturated heterocycles. The minimum Gasteiger partial charge on any atom is -0.342 e. The normalized spacial score (nSPS) is 23.3. The fourth-order valence-electron chi connectivity index (χ4n) is 4.14. The molecule has 0 spiro atoms. The van der Waals surface area contributed by atoms with Crippen molar-refractivity contribution in [2.75, 3.05) is 19.6 Å². The van der Waals surface area contributed by atoms with Gasteiger partial charge in [-0.25, -0.2) is 5.43 Å². The molecule has 5 heteroatoms. The molecule has 2 fully saturated rings. The zero-order valence-electron chi connectivity index (χ0n) is 15.3. The maximum atomic E-state index is 13.1. The van der Waals surface area contributed by atoms with Gasteiger partial charge in [0.1, 0.15) is 0 Å². The van der Waals surface area contributed by atoms with E-state index in [4.69, 9.17) is 0 Å². The molecule has 140 valence electrons. The van der Waals surface area contributed by atoms with Crippen molar-refractivity contribution in [2.24, 2.45) is 11.8 Å². The number of hydrazine groups is 1. The summed E-state index contributed by atoms with van der Waals surface area (Å²) in [6.07, 6.45) is 1.48. The Hall–Kier alpha value is -2.50. The second kappa shape index (κ2) is 8.03. The first-order valence-corrected chi connectivity index (χ1v) is 9.65. The van der Waals surface area contributed by atoms with Crippen LogP contribution in [0.15, 0.2) is 60.7 Å². The zero-order valence-corrected chi connectivity index (χ0v) is 15.3. The van der Waals surface area contributed by atoms with Gasteiger partial charge in [-0.3, -0.25) is 15.0 Å². The molecule has 2 aliphatic heterocycles. The quantitative estimate of drug-likeness (QED) is 0.820. The topological polar surface area (TPSA) is 61.4 Å². The van der Waals surface area contributed by atoms with Crippen molar-refractivity contribution in [3.8, 4) is 0 Å². The van der Waals surface area contributed by atoms with Gasteiger partial charge in [0, 0.05) is 31.1 Å². The van der Waals surface area contributed by atoms with E-state index >= 15 is 0 Å². The van der Waals surface area contributed by atoms with Crippen molar-refractivity contribution >= 4 is 11.7 Å². The highest BCUT2D eigenvalue weighted by molar-refractivity contribution is 5.98. The fraction of sp³-hybridized carbons (Fsp3) is 0.364. The third-order valence-corrected chi connectivity index (χ3v) is 5.69. The summed E-state index contributed by atoms with van der Waals surface area (Å²) in [6.45, 7) is 1.93. The molecule has 0 radical (unpaired) electrons. The Balaban J connectivity index is 1.38. The molecule has 0 aromatic heterocycles. The highest BCUT2D eigenvalue weighted by Crippen LogP contribution is 2.29. The van der Waals surface area contributed by atoms with Gasteiger partial charge in [0.05, 0.1) is 12.0 Å². The lowest BCUT2D eigenvalue weighted by Gasteiger charge is -2.34. The smallest absolute Gasteiger partial charge is 0.229 e. The third kappa shape index (κ3) is 3.80. The van der Waals surface area contributed by atoms with Gasteiger partial charge in [0.2, 0.25) is 5.91 Å². The molecule has 2 unspecified atom stereocenters. The predicted molar refractivity (Wildman–Crippen MR) is 104 cm³/mol. The number of ketones is 1. The summed E-state index contributed by atoms with van der Waals surface area (Å²) >= 11 is 0. The Morgan fingerprint density at radius 1 is 0.889 bits per heavy atom. The van der Waals surface area contributed by atoms with Gasteiger partial charge in [-0.05, 0) is 18.4 Å². The average Bonchev–Trinajstić information content (AvgIpc) is 3.24. The van der Waals surface area contributed by atoms with Gasteiger partial charge >= 0.3 is 0 Å². The maximum absolute atomic E-state index is 13.1. The van der Waals surface area contributed by atoms with E-state index < -0.39 is 0 Å². The van der Waals surface area contributed by atoms with Crippen molar-refractivity contribution < 1.29 is 9.59 Å². The van der Waals surface area contributed by atoms with Gasteiger partial charge in [0.25, 0.3) is 0 Å². The third-order valence-electron chi connectivity index (χ3n) is 5.69.